The van der Waals surface area contributed by atoms with Crippen LogP contribution < -0.4 is 5.32 Å². The first-order chi connectivity index (χ1) is 11.4. The van der Waals surface area contributed by atoms with E-state index in [2.05, 4.69) is 5.32 Å². The van der Waals surface area contributed by atoms with E-state index in [1.165, 1.54) is 11.0 Å². The van der Waals surface area contributed by atoms with Crippen molar-refractivity contribution in [2.75, 3.05) is 26.7 Å². The van der Waals surface area contributed by atoms with Crippen LogP contribution in [-0.2, 0) is 9.59 Å². The van der Waals surface area contributed by atoms with Gasteiger partial charge in [0.05, 0.1) is 17.5 Å². The number of aryl methyl sites for hydroxylation is 1. The van der Waals surface area contributed by atoms with Gasteiger partial charge in [0, 0.05) is 33.1 Å². The number of hydrogen-bond donors (Lipinski definition) is 1. The van der Waals surface area contributed by atoms with E-state index < -0.39 is 5.82 Å². The quantitative estimate of drug-likeness (QED) is 0.878. The van der Waals surface area contributed by atoms with Crippen LogP contribution in [0.2, 0.25) is 0 Å². The van der Waals surface area contributed by atoms with Crippen LogP contribution in [0.4, 0.5) is 4.39 Å². The smallest absolute Gasteiger partial charge is 0.256 e. The fourth-order valence-electron chi connectivity index (χ4n) is 3.27. The largest absolute Gasteiger partial charge is 0.359 e. The number of carbonyl (C=O) groups excluding carboxylic acids is 3. The number of likely N-dealkylation sites (tertiary alicyclic amines) is 2. The van der Waals surface area contributed by atoms with Crippen molar-refractivity contribution in [1.82, 2.24) is 15.1 Å². The fourth-order valence-corrected chi connectivity index (χ4v) is 3.27. The Morgan fingerprint density at radius 2 is 1.96 bits per heavy atom. The summed E-state index contributed by atoms with van der Waals surface area (Å²) in [5, 5.41) is 2.56. The Labute approximate surface area is 139 Å². The Bertz CT molecular complexity index is 700. The van der Waals surface area contributed by atoms with E-state index in [1.807, 2.05) is 0 Å². The van der Waals surface area contributed by atoms with Crippen LogP contribution in [0, 0.1) is 18.7 Å². The molecule has 2 aliphatic rings. The maximum Gasteiger partial charge on any atom is 0.256 e. The summed E-state index contributed by atoms with van der Waals surface area (Å²) in [4.78, 5) is 39.3. The average Bonchev–Trinajstić information content (AvgIpc) is 2.89. The van der Waals surface area contributed by atoms with Gasteiger partial charge < -0.3 is 15.1 Å². The second kappa shape index (κ2) is 6.22. The van der Waals surface area contributed by atoms with Gasteiger partial charge in [0.15, 0.2) is 0 Å². The van der Waals surface area contributed by atoms with E-state index in [1.54, 1.807) is 31.0 Å². The molecule has 3 amide bonds. The minimum absolute atomic E-state index is 0.0597. The summed E-state index contributed by atoms with van der Waals surface area (Å²) in [5.74, 6) is -1.39. The highest BCUT2D eigenvalue weighted by molar-refractivity contribution is 5.95. The summed E-state index contributed by atoms with van der Waals surface area (Å²) in [6.07, 6.45) is 0.205. The van der Waals surface area contributed by atoms with Crippen molar-refractivity contribution in [1.29, 1.82) is 0 Å². The van der Waals surface area contributed by atoms with Gasteiger partial charge in [-0.2, -0.15) is 0 Å². The molecule has 2 saturated heterocycles. The minimum atomic E-state index is -0.497. The molecule has 1 aromatic rings. The standard InChI is InChI=1S/C17H20FN3O3/c1-10-4-3-5-13(15(10)18)17(24)20-8-12(9-20)21-7-11(6-14(21)22)16(23)19-2/h3-5,11-12H,6-9H2,1-2H3,(H,19,23). The van der Waals surface area contributed by atoms with E-state index in [9.17, 15) is 18.8 Å². The van der Waals surface area contributed by atoms with Crippen LogP contribution in [0.1, 0.15) is 22.3 Å². The molecular formula is C17H20FN3O3. The number of carbonyl (C=O) groups is 3. The maximum absolute atomic E-state index is 14.1. The number of benzene rings is 1. The molecule has 2 aliphatic heterocycles. The van der Waals surface area contributed by atoms with Gasteiger partial charge in [-0.1, -0.05) is 12.1 Å². The first-order valence-corrected chi connectivity index (χ1v) is 7.97. The molecular weight excluding hydrogens is 313 g/mol. The van der Waals surface area contributed by atoms with Crippen LogP contribution in [-0.4, -0.2) is 60.2 Å². The number of hydrogen-bond acceptors (Lipinski definition) is 3. The Hall–Kier alpha value is -2.44. The van der Waals surface area contributed by atoms with Crippen molar-refractivity contribution in [3.63, 3.8) is 0 Å². The number of nitrogens with zero attached hydrogens (tertiary/aromatic N) is 2. The van der Waals surface area contributed by atoms with Crippen LogP contribution in [0.3, 0.4) is 0 Å². The summed E-state index contributed by atoms with van der Waals surface area (Å²) in [6.45, 7) is 2.74. The van der Waals surface area contributed by atoms with Crippen molar-refractivity contribution in [2.45, 2.75) is 19.4 Å². The van der Waals surface area contributed by atoms with Gasteiger partial charge in [-0.05, 0) is 18.6 Å². The molecule has 1 N–H and O–H groups in total. The van der Waals surface area contributed by atoms with Crippen LogP contribution in [0.25, 0.3) is 0 Å². The topological polar surface area (TPSA) is 69.7 Å². The highest BCUT2D eigenvalue weighted by atomic mass is 19.1. The lowest BCUT2D eigenvalue weighted by Crippen LogP contribution is -2.61. The molecule has 0 aromatic heterocycles. The SMILES string of the molecule is CNC(=O)C1CC(=O)N(C2CN(C(=O)c3cccc(C)c3F)C2)C1. The normalized spacial score (nSPS) is 21.0. The molecule has 0 aliphatic carbocycles. The maximum atomic E-state index is 14.1. The van der Waals surface area contributed by atoms with Crippen molar-refractivity contribution in [3.05, 3.63) is 35.1 Å². The molecule has 1 unspecified atom stereocenters. The van der Waals surface area contributed by atoms with Gasteiger partial charge in [-0.25, -0.2) is 4.39 Å². The predicted molar refractivity (Wildman–Crippen MR) is 84.7 cm³/mol. The first kappa shape index (κ1) is 16.4. The van der Waals surface area contributed by atoms with E-state index in [0.717, 1.165) is 0 Å². The van der Waals surface area contributed by atoms with Crippen molar-refractivity contribution < 1.29 is 18.8 Å². The third kappa shape index (κ3) is 2.74. The molecule has 3 rings (SSSR count). The number of rotatable bonds is 3. The van der Waals surface area contributed by atoms with Crippen molar-refractivity contribution in [2.24, 2.45) is 5.92 Å². The second-order valence-electron chi connectivity index (χ2n) is 6.36. The lowest BCUT2D eigenvalue weighted by molar-refractivity contribution is -0.132. The van der Waals surface area contributed by atoms with Gasteiger partial charge in [-0.3, -0.25) is 14.4 Å². The van der Waals surface area contributed by atoms with E-state index in [4.69, 9.17) is 0 Å². The summed E-state index contributed by atoms with van der Waals surface area (Å²) >= 11 is 0. The molecule has 2 heterocycles. The minimum Gasteiger partial charge on any atom is -0.359 e. The zero-order valence-corrected chi connectivity index (χ0v) is 13.7. The summed E-state index contributed by atoms with van der Waals surface area (Å²) in [6, 6.07) is 4.65. The van der Waals surface area contributed by atoms with Crippen molar-refractivity contribution in [3.8, 4) is 0 Å². The van der Waals surface area contributed by atoms with E-state index >= 15 is 0 Å². The van der Waals surface area contributed by atoms with Gasteiger partial charge in [0.1, 0.15) is 5.82 Å². The van der Waals surface area contributed by atoms with Gasteiger partial charge in [0.25, 0.3) is 5.91 Å². The second-order valence-corrected chi connectivity index (χ2v) is 6.36. The van der Waals surface area contributed by atoms with Gasteiger partial charge in [0.2, 0.25) is 11.8 Å². The molecule has 128 valence electrons. The monoisotopic (exact) mass is 333 g/mol. The molecule has 0 radical (unpaired) electrons. The molecule has 7 heteroatoms. The summed E-state index contributed by atoms with van der Waals surface area (Å²) in [5.41, 5.74) is 0.491. The van der Waals surface area contributed by atoms with Crippen molar-refractivity contribution >= 4 is 17.7 Å². The van der Waals surface area contributed by atoms with Crippen LogP contribution in [0.5, 0.6) is 0 Å². The average molecular weight is 333 g/mol. The zero-order valence-electron chi connectivity index (χ0n) is 13.7. The molecule has 0 spiro atoms. The number of halogens is 1. The third-order valence-electron chi connectivity index (χ3n) is 4.79. The Morgan fingerprint density at radius 1 is 1.25 bits per heavy atom. The summed E-state index contributed by atoms with van der Waals surface area (Å²) in [7, 11) is 1.55. The van der Waals surface area contributed by atoms with Crippen LogP contribution in [0.15, 0.2) is 18.2 Å². The lowest BCUT2D eigenvalue weighted by atomic mass is 10.0. The van der Waals surface area contributed by atoms with Crippen LogP contribution >= 0.6 is 0 Å². The molecule has 0 saturated carbocycles. The van der Waals surface area contributed by atoms with Gasteiger partial charge in [-0.15, -0.1) is 0 Å². The Kier molecular flexibility index (Phi) is 4.26. The lowest BCUT2D eigenvalue weighted by Gasteiger charge is -2.44. The molecule has 1 atom stereocenters. The highest BCUT2D eigenvalue weighted by Crippen LogP contribution is 2.26. The third-order valence-corrected chi connectivity index (χ3v) is 4.79. The number of amides is 3. The Balaban J connectivity index is 1.61. The Morgan fingerprint density at radius 3 is 2.62 bits per heavy atom. The molecule has 24 heavy (non-hydrogen) atoms. The zero-order chi connectivity index (χ0) is 17.4. The molecule has 2 fully saturated rings. The molecule has 6 nitrogen and oxygen atoms in total. The molecule has 1 aromatic carbocycles. The summed E-state index contributed by atoms with van der Waals surface area (Å²) < 4.78 is 14.1. The van der Waals surface area contributed by atoms with E-state index in [0.29, 0.717) is 25.2 Å². The first-order valence-electron chi connectivity index (χ1n) is 7.97. The number of nitrogens with one attached hydrogen (secondary N) is 1. The fraction of sp³-hybridized carbons (Fsp3) is 0.471. The molecule has 0 bridgehead atoms. The van der Waals surface area contributed by atoms with E-state index in [-0.39, 0.29) is 41.7 Å². The van der Waals surface area contributed by atoms with Gasteiger partial charge >= 0.3 is 0 Å². The highest BCUT2D eigenvalue weighted by Gasteiger charge is 2.43. The predicted octanol–water partition coefficient (Wildman–Crippen LogP) is 0.553.